The number of amides is 7. The first-order valence-electron chi connectivity index (χ1n) is 42.2. The number of carbonyl (C=O) groups is 10. The second-order valence-corrected chi connectivity index (χ2v) is 33.3. The monoisotopic (exact) mass is 2070 g/mol. The molecule has 9 aliphatic heterocycles. The Labute approximate surface area is 906 Å². The van der Waals surface area contributed by atoms with Gasteiger partial charge >= 0.3 is 121 Å². The summed E-state index contributed by atoms with van der Waals surface area (Å²) in [5, 5.41) is 33.7. The van der Waals surface area contributed by atoms with Crippen molar-refractivity contribution in [3.05, 3.63) is 60.7 Å². The third-order valence-corrected chi connectivity index (χ3v) is 19.6. The van der Waals surface area contributed by atoms with Crippen LogP contribution in [0.4, 0.5) is 38.0 Å². The van der Waals surface area contributed by atoms with Crippen LogP contribution >= 0.6 is 47.2 Å². The number of carbonyl (C=O) groups excluding carboxylic acids is 9. The Balaban J connectivity index is 0.000000811. The topological polar surface area (TPSA) is 498 Å². The maximum absolute atomic E-state index is 12.5. The number of alkyl halides is 2. The molecule has 9 heterocycles. The molecule has 4 saturated heterocycles. The van der Waals surface area contributed by atoms with E-state index in [9.17, 15) is 43.2 Å². The van der Waals surface area contributed by atoms with E-state index >= 15 is 0 Å². The summed E-state index contributed by atoms with van der Waals surface area (Å²) < 4.78 is 89.3. The Hall–Kier alpha value is -8.41. The number of aliphatic carboxylic acids is 1. The van der Waals surface area contributed by atoms with E-state index in [0.29, 0.717) is 186 Å². The first kappa shape index (κ1) is 125. The van der Waals surface area contributed by atoms with Crippen LogP contribution in [0.25, 0.3) is 0 Å². The summed E-state index contributed by atoms with van der Waals surface area (Å²) in [5.41, 5.74) is 7.49. The molecule has 43 nitrogen and oxygen atoms in total. The van der Waals surface area contributed by atoms with Crippen molar-refractivity contribution in [1.29, 1.82) is 0 Å². The van der Waals surface area contributed by atoms with E-state index < -0.39 is 16.8 Å². The molecule has 14 rings (SSSR count). The SMILES string of the molecule is C.CC(C)(C)OC(=O)N1CCNCC1.CC(C)CC(=O)O.COc1cc2c(cc1N)OCO2.COc1cc2c(cc1NC(=O)CCl)OCO2.COc1cc2c(cc1NC(=O)CN1CCN(C(=O)CC(C)C)CC1)OCO2.COc1cc2c(cc1NC(=O)CN1CCN(C(=O)OC(C)(C)C)CC1)OCO2.COc1cc2c(cc1NC(=O)CN1CCNCC1)OCO2.Cl.O=C(Cl)CCl.O=CO[O-].[H-].[K+].[K+]. The summed E-state index contributed by atoms with van der Waals surface area (Å²) >= 11 is 15.0. The van der Waals surface area contributed by atoms with Crippen LogP contribution in [0.1, 0.15) is 90.9 Å². The van der Waals surface area contributed by atoms with Crippen molar-refractivity contribution in [2.45, 2.75) is 101 Å². The van der Waals surface area contributed by atoms with Crippen LogP contribution < -0.4 is 217 Å². The van der Waals surface area contributed by atoms with Crippen molar-refractivity contribution in [3.63, 3.8) is 0 Å². The predicted molar refractivity (Wildman–Crippen MR) is 503 cm³/mol. The quantitative estimate of drug-likeness (QED) is 0.00939. The van der Waals surface area contributed by atoms with Gasteiger partial charge in [-0.2, -0.15) is 0 Å². The molecule has 756 valence electrons. The smallest absolute Gasteiger partial charge is 1.00 e. The van der Waals surface area contributed by atoms with Gasteiger partial charge < -0.3 is 150 Å². The zero-order valence-corrected chi connectivity index (χ0v) is 89.2. The van der Waals surface area contributed by atoms with Gasteiger partial charge in [0.2, 0.25) is 68.7 Å². The van der Waals surface area contributed by atoms with Gasteiger partial charge in [0.05, 0.1) is 89.5 Å². The van der Waals surface area contributed by atoms with Gasteiger partial charge in [0, 0.05) is 178 Å². The zero-order chi connectivity index (χ0) is 97.9. The van der Waals surface area contributed by atoms with Crippen LogP contribution in [0.15, 0.2) is 60.7 Å². The van der Waals surface area contributed by atoms with Gasteiger partial charge in [0.15, 0.2) is 57.5 Å². The van der Waals surface area contributed by atoms with E-state index in [0.717, 1.165) is 52.4 Å². The number of nitrogen functional groups attached to an aromatic ring is 1. The van der Waals surface area contributed by atoms with Crippen molar-refractivity contribution >= 4 is 135 Å². The molecule has 9 aliphatic rings. The number of ether oxygens (including phenoxy) is 17. The van der Waals surface area contributed by atoms with Crippen LogP contribution in [-0.2, 0) is 52.7 Å². The Morgan fingerprint density at radius 1 is 0.438 bits per heavy atom. The van der Waals surface area contributed by atoms with Crippen molar-refractivity contribution in [2.75, 3.05) is 233 Å². The molecule has 7 amide bonds. The third-order valence-electron chi connectivity index (χ3n) is 18.9. The number of anilines is 5. The van der Waals surface area contributed by atoms with Crippen LogP contribution in [0, 0.1) is 11.8 Å². The van der Waals surface area contributed by atoms with Gasteiger partial charge in [0.1, 0.15) is 45.8 Å². The standard InChI is InChI=1S/C19H27N3O6.C19H27N3O5.C14H19N3O4.C10H10ClNO4.C9H18N2O2.C8H9NO3.C5H10O2.C2H2Cl2O.CH2O3.CH4.ClH.2K.H/c1-19(2,3)28-18(24)22-7-5-21(6-8-22)11-17(23)20-13-9-15-16(27-12-26-15)10-14(13)25-4;1-13(2)8-19(24)22-6-4-21(5-7-22)11-18(23)20-14-9-16-17(27-12-26-16)10-15(14)25-3;1-19-11-7-13-12(20-9-21-13)6-10(11)16-14(18)8-17-4-2-15-3-5-17;1-14-7-3-9-8(15-5-16-9)2-6(7)12-10(13)4-11;1-9(2,3)13-8(12)11-6-4-10-5-7-11;1-10-6-3-8-7(2-5(6)9)11-4-12-8;1-4(2)3-5(6)7;3-1-2(4)5;2-1-4-3;;;;;/h9-10H,5-8,11-12H2,1-4H3,(H,20,23);9-10,13H,4-8,11-12H2,1-3H3,(H,20,23);6-7,15H,2-5,8-9H2,1H3,(H,16,18);2-3H,4-5H2,1H3,(H,12,13);10H,4-7H2,1-3H3;2-3H,4,9H2,1H3;4H,3H2,1-2H3,(H,6,7);1H2;1,3H;1H4;1H;;;/q;;;;;;;;;;;2*+1;-1/p-1. The molecule has 0 aromatic heterocycles. The first-order chi connectivity index (χ1) is 63.3. The minimum atomic E-state index is -0.713. The molecule has 5 aromatic carbocycles. The number of halogens is 4. The summed E-state index contributed by atoms with van der Waals surface area (Å²) in [6.07, 6.45) is 0.334. The molecule has 0 bridgehead atoms. The number of nitrogens with two attached hydrogens (primary N) is 1. The number of rotatable bonds is 22. The molecule has 9 N–H and O–H groups in total. The number of nitrogens with zero attached hydrogens (tertiary/aromatic N) is 6. The van der Waals surface area contributed by atoms with Crippen molar-refractivity contribution in [3.8, 4) is 86.2 Å². The molecular formula is C88H129Cl4K2N13O30. The van der Waals surface area contributed by atoms with Crippen molar-refractivity contribution in [2.24, 2.45) is 11.8 Å². The number of hydrogen-bond acceptors (Lipinski definition) is 35. The van der Waals surface area contributed by atoms with E-state index in [1.54, 1.807) is 91.8 Å². The number of carboxylic acid groups (broad SMARTS) is 1. The number of carboxylic acids is 1. The van der Waals surface area contributed by atoms with Gasteiger partial charge in [-0.15, -0.1) is 35.6 Å². The minimum Gasteiger partial charge on any atom is -1.00 e. The molecule has 4 fully saturated rings. The van der Waals surface area contributed by atoms with Gasteiger partial charge in [-0.05, 0) is 65.0 Å². The average Bonchev–Trinajstić information content (AvgIpc) is 1.91. The second kappa shape index (κ2) is 64.8. The molecule has 0 aliphatic carbocycles. The number of fused-ring (bicyclic) bond motifs is 5. The summed E-state index contributed by atoms with van der Waals surface area (Å²) in [4.78, 5) is 126. The van der Waals surface area contributed by atoms with Gasteiger partial charge in [-0.25, -0.2) is 9.59 Å². The van der Waals surface area contributed by atoms with Crippen LogP contribution in [0.2, 0.25) is 0 Å². The molecule has 0 radical (unpaired) electrons. The largest absolute Gasteiger partial charge is 1.00 e. The van der Waals surface area contributed by atoms with Crippen molar-refractivity contribution in [1.82, 2.24) is 40.0 Å². The summed E-state index contributed by atoms with van der Waals surface area (Å²) in [7, 11) is 7.70. The fourth-order valence-electron chi connectivity index (χ4n) is 12.7. The number of benzene rings is 5. The van der Waals surface area contributed by atoms with E-state index in [-0.39, 0.29) is 249 Å². The molecule has 5 aromatic rings. The van der Waals surface area contributed by atoms with Gasteiger partial charge in [0.25, 0.3) is 6.47 Å². The van der Waals surface area contributed by atoms with Gasteiger partial charge in [-0.3, -0.25) is 53.1 Å². The Morgan fingerprint density at radius 2 is 0.693 bits per heavy atom. The van der Waals surface area contributed by atoms with E-state index in [4.69, 9.17) is 136 Å². The van der Waals surface area contributed by atoms with Crippen molar-refractivity contribution < 1.29 is 248 Å². The molecule has 0 atom stereocenters. The number of piperazine rings is 4. The summed E-state index contributed by atoms with van der Waals surface area (Å²) in [6, 6.07) is 17.0. The fourth-order valence-corrected chi connectivity index (χ4v) is 12.7. The molecule has 0 spiro atoms. The number of methoxy groups -OCH3 is 5. The Morgan fingerprint density at radius 3 is 0.949 bits per heavy atom. The first-order valence-corrected chi connectivity index (χ1v) is 43.7. The number of nitrogens with one attached hydrogen (secondary N) is 6. The van der Waals surface area contributed by atoms with Crippen LogP contribution in [-0.4, -0.2) is 311 Å². The van der Waals surface area contributed by atoms with E-state index in [1.807, 2.05) is 83.9 Å². The molecule has 0 saturated carbocycles. The fraction of sp³-hybridized carbons (Fsp3) is 0.545. The Bertz CT molecular complexity index is 4640. The van der Waals surface area contributed by atoms with E-state index in [1.165, 1.54) is 14.2 Å². The van der Waals surface area contributed by atoms with E-state index in [2.05, 4.69) is 41.7 Å². The third kappa shape index (κ3) is 45.4. The average molecular weight is 2070 g/mol. The molecular weight excluding hydrogens is 1940 g/mol. The molecule has 0 unspecified atom stereocenters. The number of hydrogen-bond donors (Lipinski definition) is 8. The summed E-state index contributed by atoms with van der Waals surface area (Å²) in [5.74, 6) is 8.08. The van der Waals surface area contributed by atoms with Crippen LogP contribution in [0.5, 0.6) is 86.2 Å². The summed E-state index contributed by atoms with van der Waals surface area (Å²) in [6.45, 7) is 32.4. The van der Waals surface area contributed by atoms with Gasteiger partial charge in [-0.1, -0.05) is 35.1 Å². The second-order valence-electron chi connectivity index (χ2n) is 32.3. The molecule has 49 heteroatoms. The maximum Gasteiger partial charge on any atom is 1.00 e. The zero-order valence-electron chi connectivity index (χ0n) is 80.9. The Kier molecular flexibility index (Phi) is 59.0. The normalized spacial score (nSPS) is 14.6. The molecule has 137 heavy (non-hydrogen) atoms. The minimum absolute atomic E-state index is 0. The maximum atomic E-state index is 12.5. The van der Waals surface area contributed by atoms with Crippen LogP contribution in [0.3, 0.4) is 0 Å². The predicted octanol–water partition coefficient (Wildman–Crippen LogP) is 2.89.